The molecule has 0 fully saturated rings. The summed E-state index contributed by atoms with van der Waals surface area (Å²) in [5, 5.41) is 2.01. The van der Waals surface area contributed by atoms with Crippen molar-refractivity contribution in [1.82, 2.24) is 0 Å². The molecule has 1 unspecified atom stereocenters. The highest BCUT2D eigenvalue weighted by Crippen LogP contribution is 2.29. The van der Waals surface area contributed by atoms with Gasteiger partial charge in [0.05, 0.1) is 7.11 Å². The van der Waals surface area contributed by atoms with Gasteiger partial charge < -0.3 is 4.74 Å². The lowest BCUT2D eigenvalue weighted by Crippen LogP contribution is -2.06. The van der Waals surface area contributed by atoms with Gasteiger partial charge in [0, 0.05) is 4.88 Å². The number of carbonyl (C=O) groups is 1. The van der Waals surface area contributed by atoms with E-state index in [-0.39, 0.29) is 10.8 Å². The molecule has 66 valence electrons. The molecular formula is C8H9BrO2S. The van der Waals surface area contributed by atoms with Crippen LogP contribution >= 0.6 is 27.3 Å². The average Bonchev–Trinajstić information content (AvgIpc) is 2.49. The van der Waals surface area contributed by atoms with Crippen molar-refractivity contribution >= 4 is 33.2 Å². The molecule has 0 bridgehead atoms. The Balaban J connectivity index is 2.77. The molecule has 0 saturated carbocycles. The van der Waals surface area contributed by atoms with Gasteiger partial charge >= 0.3 is 5.97 Å². The number of aryl methyl sites for hydroxylation is 1. The smallest absolute Gasteiger partial charge is 0.324 e. The van der Waals surface area contributed by atoms with Crippen LogP contribution in [0.5, 0.6) is 0 Å². The highest BCUT2D eigenvalue weighted by atomic mass is 79.9. The van der Waals surface area contributed by atoms with E-state index in [1.807, 2.05) is 18.4 Å². The van der Waals surface area contributed by atoms with Crippen molar-refractivity contribution in [1.29, 1.82) is 0 Å². The molecule has 0 aliphatic rings. The Morgan fingerprint density at radius 3 is 2.83 bits per heavy atom. The van der Waals surface area contributed by atoms with Gasteiger partial charge in [0.25, 0.3) is 0 Å². The first kappa shape index (κ1) is 9.74. The number of ether oxygens (including phenoxy) is 1. The lowest BCUT2D eigenvalue weighted by molar-refractivity contribution is -0.139. The van der Waals surface area contributed by atoms with Crippen molar-refractivity contribution in [2.45, 2.75) is 11.8 Å². The first-order chi connectivity index (χ1) is 5.65. The second-order valence-corrected chi connectivity index (χ2v) is 4.27. The minimum atomic E-state index is -0.318. The number of rotatable bonds is 2. The van der Waals surface area contributed by atoms with E-state index in [1.54, 1.807) is 11.3 Å². The number of alkyl halides is 1. The molecule has 0 saturated heterocycles. The van der Waals surface area contributed by atoms with E-state index < -0.39 is 0 Å². The van der Waals surface area contributed by atoms with Crippen LogP contribution in [0.1, 0.15) is 15.3 Å². The highest BCUT2D eigenvalue weighted by Gasteiger charge is 2.18. The third-order valence-corrected chi connectivity index (χ3v) is 3.69. The molecule has 0 aliphatic heterocycles. The van der Waals surface area contributed by atoms with Gasteiger partial charge in [-0.25, -0.2) is 0 Å². The van der Waals surface area contributed by atoms with E-state index in [0.29, 0.717) is 0 Å². The normalized spacial score (nSPS) is 12.6. The molecule has 2 nitrogen and oxygen atoms in total. The molecule has 0 N–H and O–H groups in total. The fraction of sp³-hybridized carbons (Fsp3) is 0.375. The van der Waals surface area contributed by atoms with Crippen molar-refractivity contribution in [3.8, 4) is 0 Å². The zero-order valence-corrected chi connectivity index (χ0v) is 9.24. The Labute approximate surface area is 83.7 Å². The number of hydrogen-bond donors (Lipinski definition) is 0. The van der Waals surface area contributed by atoms with Crippen LogP contribution in [0, 0.1) is 6.92 Å². The quantitative estimate of drug-likeness (QED) is 0.595. The van der Waals surface area contributed by atoms with Crippen molar-refractivity contribution in [2.75, 3.05) is 7.11 Å². The zero-order valence-electron chi connectivity index (χ0n) is 6.83. The molecule has 4 heteroatoms. The minimum absolute atomic E-state index is 0.253. The monoisotopic (exact) mass is 248 g/mol. The predicted octanol–water partition coefficient (Wildman–Crippen LogP) is 2.67. The summed E-state index contributed by atoms with van der Waals surface area (Å²) in [4.78, 5) is 11.7. The molecule has 1 rings (SSSR count). The third kappa shape index (κ3) is 2.08. The van der Waals surface area contributed by atoms with Gasteiger partial charge in [0.1, 0.15) is 4.83 Å². The number of hydrogen-bond acceptors (Lipinski definition) is 3. The van der Waals surface area contributed by atoms with Gasteiger partial charge in [0.15, 0.2) is 0 Å². The van der Waals surface area contributed by atoms with E-state index in [2.05, 4.69) is 20.7 Å². The second-order valence-electron chi connectivity index (χ2n) is 2.41. The van der Waals surface area contributed by atoms with E-state index in [9.17, 15) is 4.79 Å². The van der Waals surface area contributed by atoms with E-state index in [0.717, 1.165) is 4.88 Å². The van der Waals surface area contributed by atoms with Crippen molar-refractivity contribution < 1.29 is 9.53 Å². The van der Waals surface area contributed by atoms with Crippen LogP contribution < -0.4 is 0 Å². The molecule has 12 heavy (non-hydrogen) atoms. The molecule has 1 atom stereocenters. The SMILES string of the molecule is COC(=O)C(Br)c1cc(C)cs1. The maximum atomic E-state index is 11.1. The first-order valence-electron chi connectivity index (χ1n) is 3.42. The molecule has 0 amide bonds. The van der Waals surface area contributed by atoms with Crippen molar-refractivity contribution in [3.63, 3.8) is 0 Å². The Morgan fingerprint density at radius 1 is 1.75 bits per heavy atom. The molecule has 1 heterocycles. The number of carbonyl (C=O) groups excluding carboxylic acids is 1. The van der Waals surface area contributed by atoms with Crippen LogP contribution in [0.4, 0.5) is 0 Å². The van der Waals surface area contributed by atoms with Gasteiger partial charge in [-0.1, -0.05) is 15.9 Å². The summed E-state index contributed by atoms with van der Waals surface area (Å²) in [5.41, 5.74) is 1.17. The Hall–Kier alpha value is -0.350. The Kier molecular flexibility index (Phi) is 3.29. The van der Waals surface area contributed by atoms with E-state index in [1.165, 1.54) is 12.7 Å². The maximum Gasteiger partial charge on any atom is 0.324 e. The molecule has 1 aromatic rings. The van der Waals surface area contributed by atoms with Crippen LogP contribution in [0.2, 0.25) is 0 Å². The molecule has 1 aromatic heterocycles. The van der Waals surface area contributed by atoms with Gasteiger partial charge in [0.2, 0.25) is 0 Å². The van der Waals surface area contributed by atoms with E-state index in [4.69, 9.17) is 0 Å². The van der Waals surface area contributed by atoms with Gasteiger partial charge in [-0.2, -0.15) is 0 Å². The lowest BCUT2D eigenvalue weighted by atomic mass is 10.3. The van der Waals surface area contributed by atoms with E-state index >= 15 is 0 Å². The number of methoxy groups -OCH3 is 1. The Bertz CT molecular complexity index is 282. The van der Waals surface area contributed by atoms with Crippen LogP contribution in [-0.2, 0) is 9.53 Å². The second kappa shape index (κ2) is 4.05. The Morgan fingerprint density at radius 2 is 2.42 bits per heavy atom. The summed E-state index contributed by atoms with van der Waals surface area (Å²) >= 11 is 4.81. The summed E-state index contributed by atoms with van der Waals surface area (Å²) in [6.45, 7) is 2.00. The van der Waals surface area contributed by atoms with Gasteiger partial charge in [-0.3, -0.25) is 4.79 Å². The van der Waals surface area contributed by atoms with Crippen LogP contribution in [0.3, 0.4) is 0 Å². The molecule has 0 spiro atoms. The number of thiophene rings is 1. The largest absolute Gasteiger partial charge is 0.468 e. The van der Waals surface area contributed by atoms with Crippen molar-refractivity contribution in [2.24, 2.45) is 0 Å². The van der Waals surface area contributed by atoms with Crippen LogP contribution in [0.25, 0.3) is 0 Å². The fourth-order valence-electron chi connectivity index (χ4n) is 0.806. The van der Waals surface area contributed by atoms with Gasteiger partial charge in [-0.15, -0.1) is 11.3 Å². The first-order valence-corrected chi connectivity index (χ1v) is 5.21. The summed E-state index contributed by atoms with van der Waals surface area (Å²) in [6.07, 6.45) is 0. The summed E-state index contributed by atoms with van der Waals surface area (Å²) < 4.78 is 4.60. The minimum Gasteiger partial charge on any atom is -0.468 e. The molecule has 0 aromatic carbocycles. The third-order valence-electron chi connectivity index (χ3n) is 1.41. The highest BCUT2D eigenvalue weighted by molar-refractivity contribution is 9.09. The van der Waals surface area contributed by atoms with Crippen LogP contribution in [-0.4, -0.2) is 13.1 Å². The maximum absolute atomic E-state index is 11.1. The molecule has 0 aliphatic carbocycles. The molecular weight excluding hydrogens is 240 g/mol. The topological polar surface area (TPSA) is 26.3 Å². The predicted molar refractivity (Wildman–Crippen MR) is 52.7 cm³/mol. The van der Waals surface area contributed by atoms with Crippen LogP contribution in [0.15, 0.2) is 11.4 Å². The van der Waals surface area contributed by atoms with Gasteiger partial charge in [-0.05, 0) is 23.9 Å². The van der Waals surface area contributed by atoms with Crippen molar-refractivity contribution in [3.05, 3.63) is 21.9 Å². The summed E-state index contributed by atoms with van der Waals surface area (Å²) in [6, 6.07) is 1.97. The summed E-state index contributed by atoms with van der Waals surface area (Å²) in [5.74, 6) is -0.253. The fourth-order valence-corrected chi connectivity index (χ4v) is 2.31. The zero-order chi connectivity index (χ0) is 9.14. The standard InChI is InChI=1S/C8H9BrO2S/c1-5-3-6(12-4-5)7(9)8(10)11-2/h3-4,7H,1-2H3. The number of halogens is 1. The average molecular weight is 249 g/mol. The molecule has 0 radical (unpaired) electrons. The lowest BCUT2D eigenvalue weighted by Gasteiger charge is -2.03. The number of esters is 1. The summed E-state index contributed by atoms with van der Waals surface area (Å²) in [7, 11) is 1.39.